The van der Waals surface area contributed by atoms with Gasteiger partial charge < -0.3 is 10.6 Å². The van der Waals surface area contributed by atoms with Gasteiger partial charge in [-0.15, -0.1) is 0 Å². The highest BCUT2D eigenvalue weighted by molar-refractivity contribution is 6.22. The Hall–Kier alpha value is -5.86. The first-order valence-electron chi connectivity index (χ1n) is 20.4. The number of hydrogen-bond acceptors (Lipinski definition) is 2. The molecule has 1 atom stereocenters. The van der Waals surface area contributed by atoms with Gasteiger partial charge in [-0.1, -0.05) is 146 Å². The van der Waals surface area contributed by atoms with Crippen LogP contribution in [0.1, 0.15) is 88.3 Å². The van der Waals surface area contributed by atoms with Gasteiger partial charge in [-0.2, -0.15) is 0 Å². The maximum Gasteiger partial charge on any atom is 0.0545 e. The molecule has 0 amide bonds. The van der Waals surface area contributed by atoms with Crippen LogP contribution in [0.5, 0.6) is 0 Å². The number of anilines is 4. The second-order valence-electron chi connectivity index (χ2n) is 18.3. The summed E-state index contributed by atoms with van der Waals surface area (Å²) in [6.07, 6.45) is 5.83. The average Bonchev–Trinajstić information content (AvgIpc) is 3.68. The standard InChI is InChI=1S/C54H48N2/c1-31-15-14-20-38-37-26-24-33(28-47(37)54(6,7)49(31)38)55-50-39-18-8-9-19-40(39)51(43-30-48-41(29-42(43)50)35-17-11-13-22-45(35)53(48,4)5)56-32-23-25-36-34-16-10-12-21-44(34)52(2,3)46(36)27-32/h8-14,16-31,55-56H,15H2,1-7H3. The van der Waals surface area contributed by atoms with Gasteiger partial charge in [0.25, 0.3) is 0 Å². The van der Waals surface area contributed by atoms with Crippen molar-refractivity contribution in [2.24, 2.45) is 5.92 Å². The SMILES string of the molecule is CC1CC=CC2=C1C(C)(C)c1cc(Nc3c4ccccc4c(Nc4ccc5c(c4)C(C)(C)c4ccccc4-5)c4cc5c(cc34)-c3ccccc3C5(C)C)ccc12. The lowest BCUT2D eigenvalue weighted by Crippen LogP contribution is -2.22. The Balaban J connectivity index is 1.12. The van der Waals surface area contributed by atoms with Crippen molar-refractivity contribution in [3.8, 4) is 22.3 Å². The van der Waals surface area contributed by atoms with E-state index in [9.17, 15) is 0 Å². The summed E-state index contributed by atoms with van der Waals surface area (Å²) < 4.78 is 0. The normalized spacial score (nSPS) is 18.7. The first-order chi connectivity index (χ1) is 26.9. The first kappa shape index (κ1) is 33.5. The van der Waals surface area contributed by atoms with Gasteiger partial charge in [0.1, 0.15) is 0 Å². The molecule has 4 aliphatic carbocycles. The molecule has 2 nitrogen and oxygen atoms in total. The lowest BCUT2D eigenvalue weighted by Gasteiger charge is -2.30. The third-order valence-corrected chi connectivity index (χ3v) is 14.1. The van der Waals surface area contributed by atoms with Crippen LogP contribution < -0.4 is 10.6 Å². The lowest BCUT2D eigenvalue weighted by molar-refractivity contribution is 0.530. The molecular formula is C54H48N2. The van der Waals surface area contributed by atoms with Crippen LogP contribution in [0.3, 0.4) is 0 Å². The Bertz CT molecular complexity index is 2930. The summed E-state index contributed by atoms with van der Waals surface area (Å²) in [6, 6.07) is 45.9. The van der Waals surface area contributed by atoms with Crippen molar-refractivity contribution < 1.29 is 0 Å². The van der Waals surface area contributed by atoms with E-state index in [1.165, 1.54) is 82.8 Å². The van der Waals surface area contributed by atoms with Gasteiger partial charge in [0.05, 0.1) is 11.4 Å². The molecule has 0 bridgehead atoms. The number of allylic oxidation sites excluding steroid dienone is 4. The maximum absolute atomic E-state index is 4.07. The quantitative estimate of drug-likeness (QED) is 0.139. The second kappa shape index (κ2) is 11.4. The van der Waals surface area contributed by atoms with Gasteiger partial charge in [0, 0.05) is 49.2 Å². The fraction of sp³-hybridized carbons (Fsp3) is 0.222. The van der Waals surface area contributed by atoms with E-state index in [0.29, 0.717) is 5.92 Å². The predicted octanol–water partition coefficient (Wildman–Crippen LogP) is 14.7. The van der Waals surface area contributed by atoms with E-state index < -0.39 is 0 Å². The molecule has 0 heterocycles. The molecule has 2 heteroatoms. The molecule has 0 aliphatic heterocycles. The molecule has 0 aromatic heterocycles. The van der Waals surface area contributed by atoms with Crippen LogP contribution in [-0.4, -0.2) is 0 Å². The zero-order valence-electron chi connectivity index (χ0n) is 33.5. The van der Waals surface area contributed by atoms with Gasteiger partial charge in [0.2, 0.25) is 0 Å². The monoisotopic (exact) mass is 724 g/mol. The van der Waals surface area contributed by atoms with E-state index in [1.807, 2.05) is 0 Å². The molecule has 0 radical (unpaired) electrons. The van der Waals surface area contributed by atoms with Crippen LogP contribution in [0.4, 0.5) is 22.7 Å². The molecule has 11 rings (SSSR count). The Kier molecular flexibility index (Phi) is 6.79. The van der Waals surface area contributed by atoms with Crippen molar-refractivity contribution in [3.63, 3.8) is 0 Å². The highest BCUT2D eigenvalue weighted by atomic mass is 14.9. The molecular weight excluding hydrogens is 677 g/mol. The third kappa shape index (κ3) is 4.44. The molecule has 0 saturated carbocycles. The summed E-state index contributed by atoms with van der Waals surface area (Å²) in [5, 5.41) is 13.0. The fourth-order valence-electron chi connectivity index (χ4n) is 11.3. The molecule has 4 aliphatic rings. The average molecular weight is 725 g/mol. The predicted molar refractivity (Wildman–Crippen MR) is 239 cm³/mol. The zero-order chi connectivity index (χ0) is 38.3. The smallest absolute Gasteiger partial charge is 0.0545 e. The van der Waals surface area contributed by atoms with Crippen molar-refractivity contribution >= 4 is 49.9 Å². The minimum atomic E-state index is -0.122. The Labute approximate surface area is 331 Å². The van der Waals surface area contributed by atoms with Gasteiger partial charge in [-0.25, -0.2) is 0 Å². The largest absolute Gasteiger partial charge is 0.355 e. The van der Waals surface area contributed by atoms with Crippen LogP contribution in [-0.2, 0) is 16.2 Å². The van der Waals surface area contributed by atoms with E-state index in [4.69, 9.17) is 0 Å². The van der Waals surface area contributed by atoms with Crippen LogP contribution in [0.2, 0.25) is 0 Å². The van der Waals surface area contributed by atoms with Gasteiger partial charge >= 0.3 is 0 Å². The van der Waals surface area contributed by atoms with Crippen molar-refractivity contribution in [1.82, 2.24) is 0 Å². The van der Waals surface area contributed by atoms with Gasteiger partial charge in [0.15, 0.2) is 0 Å². The summed E-state index contributed by atoms with van der Waals surface area (Å²) in [5.74, 6) is 0.544. The minimum absolute atomic E-state index is 0.0215. The summed E-state index contributed by atoms with van der Waals surface area (Å²) >= 11 is 0. The summed E-state index contributed by atoms with van der Waals surface area (Å²) in [7, 11) is 0. The van der Waals surface area contributed by atoms with E-state index in [-0.39, 0.29) is 16.2 Å². The summed E-state index contributed by atoms with van der Waals surface area (Å²) in [6.45, 7) is 16.7. The van der Waals surface area contributed by atoms with E-state index in [0.717, 1.165) is 29.2 Å². The minimum Gasteiger partial charge on any atom is -0.355 e. The van der Waals surface area contributed by atoms with Crippen LogP contribution >= 0.6 is 0 Å². The van der Waals surface area contributed by atoms with Crippen LogP contribution in [0.25, 0.3) is 49.4 Å². The van der Waals surface area contributed by atoms with E-state index >= 15 is 0 Å². The van der Waals surface area contributed by atoms with Crippen molar-refractivity contribution in [3.05, 3.63) is 172 Å². The molecule has 274 valence electrons. The first-order valence-corrected chi connectivity index (χ1v) is 20.4. The van der Waals surface area contributed by atoms with Crippen molar-refractivity contribution in [1.29, 1.82) is 0 Å². The molecule has 0 spiro atoms. The van der Waals surface area contributed by atoms with Crippen molar-refractivity contribution in [2.75, 3.05) is 10.6 Å². The van der Waals surface area contributed by atoms with Crippen LogP contribution in [0, 0.1) is 5.92 Å². The molecule has 0 fully saturated rings. The summed E-state index contributed by atoms with van der Waals surface area (Å²) in [5.41, 5.74) is 21.0. The third-order valence-electron chi connectivity index (χ3n) is 14.1. The second-order valence-corrected chi connectivity index (χ2v) is 18.3. The van der Waals surface area contributed by atoms with Gasteiger partial charge in [-0.05, 0) is 116 Å². The maximum atomic E-state index is 4.07. The molecule has 1 unspecified atom stereocenters. The van der Waals surface area contributed by atoms with E-state index in [2.05, 4.69) is 193 Å². The highest BCUT2D eigenvalue weighted by Gasteiger charge is 2.41. The Morgan fingerprint density at radius 1 is 0.446 bits per heavy atom. The summed E-state index contributed by atoms with van der Waals surface area (Å²) in [4.78, 5) is 0. The lowest BCUT2D eigenvalue weighted by atomic mass is 9.74. The number of benzene rings is 7. The molecule has 7 aromatic rings. The number of fused-ring (bicyclic) bond motifs is 10. The topological polar surface area (TPSA) is 24.1 Å². The Morgan fingerprint density at radius 2 is 0.929 bits per heavy atom. The highest BCUT2D eigenvalue weighted by Crippen LogP contribution is 2.56. The van der Waals surface area contributed by atoms with Crippen molar-refractivity contribution in [2.45, 2.75) is 71.1 Å². The molecule has 2 N–H and O–H groups in total. The Morgan fingerprint density at radius 3 is 1.55 bits per heavy atom. The number of rotatable bonds is 4. The molecule has 0 saturated heterocycles. The van der Waals surface area contributed by atoms with Crippen LogP contribution in [0.15, 0.2) is 139 Å². The zero-order valence-corrected chi connectivity index (χ0v) is 33.5. The molecule has 56 heavy (non-hydrogen) atoms. The molecule has 7 aromatic carbocycles. The number of hydrogen-bond donors (Lipinski definition) is 2. The van der Waals surface area contributed by atoms with Gasteiger partial charge in [-0.3, -0.25) is 0 Å². The van der Waals surface area contributed by atoms with E-state index in [1.54, 1.807) is 5.57 Å². The fourth-order valence-corrected chi connectivity index (χ4v) is 11.3. The number of nitrogens with one attached hydrogen (secondary N) is 2.